The Bertz CT molecular complexity index is 379. The van der Waals surface area contributed by atoms with Gasteiger partial charge in [0.1, 0.15) is 5.25 Å². The molecule has 0 aliphatic rings. The maximum atomic E-state index is 11.5. The molecule has 0 spiro atoms. The Morgan fingerprint density at radius 1 is 1.56 bits per heavy atom. The lowest BCUT2D eigenvalue weighted by Gasteiger charge is -2.12. The quantitative estimate of drug-likeness (QED) is 0.498. The predicted octanol–water partition coefficient (Wildman–Crippen LogP) is 2.62. The highest BCUT2D eigenvalue weighted by Gasteiger charge is 2.16. The van der Waals surface area contributed by atoms with Crippen molar-refractivity contribution in [1.82, 2.24) is 0 Å². The second-order valence-electron chi connectivity index (χ2n) is 3.48. The zero-order valence-corrected chi connectivity index (χ0v) is 10.6. The second kappa shape index (κ2) is 5.80. The molecule has 4 heteroatoms. The Hall–Kier alpha value is -1.16. The first-order valence-corrected chi connectivity index (χ1v) is 6.12. The van der Waals surface area contributed by atoms with Gasteiger partial charge in [-0.3, -0.25) is 4.79 Å². The summed E-state index contributed by atoms with van der Waals surface area (Å²) in [4.78, 5) is 12.5. The van der Waals surface area contributed by atoms with Crippen LogP contribution >= 0.6 is 11.8 Å². The smallest absolute Gasteiger partial charge is 0.319 e. The molecule has 0 heterocycles. The lowest BCUT2D eigenvalue weighted by atomic mass is 10.2. The van der Waals surface area contributed by atoms with Gasteiger partial charge in [0.25, 0.3) is 0 Å². The van der Waals surface area contributed by atoms with Crippen molar-refractivity contribution in [2.75, 3.05) is 12.3 Å². The summed E-state index contributed by atoms with van der Waals surface area (Å²) in [5.74, 6) is -0.186. The molecule has 0 aromatic heterocycles. The van der Waals surface area contributed by atoms with Crippen LogP contribution in [0.3, 0.4) is 0 Å². The number of thioether (sulfide) groups is 1. The molecule has 0 saturated heterocycles. The van der Waals surface area contributed by atoms with Gasteiger partial charge in [-0.2, -0.15) is 0 Å². The predicted molar refractivity (Wildman–Crippen MR) is 67.5 cm³/mol. The molecule has 88 valence electrons. The first-order chi connectivity index (χ1) is 7.56. The highest BCUT2D eigenvalue weighted by Crippen LogP contribution is 2.29. The van der Waals surface area contributed by atoms with Crippen LogP contribution in [0, 0.1) is 6.92 Å². The van der Waals surface area contributed by atoms with E-state index in [0.29, 0.717) is 6.61 Å². The largest absolute Gasteiger partial charge is 0.465 e. The summed E-state index contributed by atoms with van der Waals surface area (Å²) >= 11 is 1.48. The SMILES string of the molecule is CCOC(=O)C(C)Sc1cccc(N)c1C. The molecule has 0 radical (unpaired) electrons. The summed E-state index contributed by atoms with van der Waals surface area (Å²) in [5.41, 5.74) is 7.57. The molecular weight excluding hydrogens is 222 g/mol. The molecule has 2 N–H and O–H groups in total. The molecule has 0 amide bonds. The molecular formula is C12H17NO2S. The molecule has 16 heavy (non-hydrogen) atoms. The number of anilines is 1. The van der Waals surface area contributed by atoms with Gasteiger partial charge in [-0.25, -0.2) is 0 Å². The summed E-state index contributed by atoms with van der Waals surface area (Å²) in [7, 11) is 0. The first-order valence-electron chi connectivity index (χ1n) is 5.24. The van der Waals surface area contributed by atoms with Gasteiger partial charge in [0.2, 0.25) is 0 Å². The number of nitrogens with two attached hydrogens (primary N) is 1. The molecule has 1 aromatic carbocycles. The number of rotatable bonds is 4. The molecule has 0 aliphatic carbocycles. The molecule has 0 bridgehead atoms. The van der Waals surface area contributed by atoms with Crippen LogP contribution in [0.15, 0.2) is 23.1 Å². The monoisotopic (exact) mass is 239 g/mol. The van der Waals surface area contributed by atoms with E-state index in [9.17, 15) is 4.79 Å². The van der Waals surface area contributed by atoms with Crippen LogP contribution in [0.25, 0.3) is 0 Å². The maximum absolute atomic E-state index is 11.5. The summed E-state index contributed by atoms with van der Waals surface area (Å²) in [6, 6.07) is 5.71. The minimum atomic E-state index is -0.208. The minimum absolute atomic E-state index is 0.186. The van der Waals surface area contributed by atoms with Crippen LogP contribution in [0.4, 0.5) is 5.69 Å². The zero-order chi connectivity index (χ0) is 12.1. The Kier molecular flexibility index (Phi) is 4.68. The molecule has 0 saturated carbocycles. The van der Waals surface area contributed by atoms with Crippen molar-refractivity contribution in [3.63, 3.8) is 0 Å². The van der Waals surface area contributed by atoms with Gasteiger partial charge in [0.05, 0.1) is 6.61 Å². The van der Waals surface area contributed by atoms with Gasteiger partial charge >= 0.3 is 5.97 Å². The number of carbonyl (C=O) groups excluding carboxylic acids is 1. The summed E-state index contributed by atoms with van der Waals surface area (Å²) in [6.07, 6.45) is 0. The van der Waals surface area contributed by atoms with Crippen molar-refractivity contribution in [1.29, 1.82) is 0 Å². The van der Waals surface area contributed by atoms with E-state index in [-0.39, 0.29) is 11.2 Å². The first kappa shape index (κ1) is 12.9. The van der Waals surface area contributed by atoms with Crippen LogP contribution in [-0.2, 0) is 9.53 Å². The number of carbonyl (C=O) groups is 1. The summed E-state index contributed by atoms with van der Waals surface area (Å²) in [6.45, 7) is 6.02. The average molecular weight is 239 g/mol. The third-order valence-electron chi connectivity index (χ3n) is 2.25. The molecule has 1 rings (SSSR count). The second-order valence-corrected chi connectivity index (χ2v) is 4.87. The van der Waals surface area contributed by atoms with E-state index in [1.54, 1.807) is 6.92 Å². The Labute approximate surface area is 100 Å². The fourth-order valence-corrected chi connectivity index (χ4v) is 2.25. The van der Waals surface area contributed by atoms with Crippen molar-refractivity contribution in [3.05, 3.63) is 23.8 Å². The van der Waals surface area contributed by atoms with Crippen molar-refractivity contribution in [2.24, 2.45) is 0 Å². The summed E-state index contributed by atoms with van der Waals surface area (Å²) in [5, 5.41) is -0.208. The van der Waals surface area contributed by atoms with Crippen LogP contribution in [0.1, 0.15) is 19.4 Å². The average Bonchev–Trinajstić information content (AvgIpc) is 2.25. The number of ether oxygens (including phenoxy) is 1. The number of benzene rings is 1. The van der Waals surface area contributed by atoms with Crippen molar-refractivity contribution in [2.45, 2.75) is 30.9 Å². The molecule has 1 atom stereocenters. The van der Waals surface area contributed by atoms with Crippen molar-refractivity contribution < 1.29 is 9.53 Å². The number of esters is 1. The van der Waals surface area contributed by atoms with Crippen molar-refractivity contribution >= 4 is 23.4 Å². The highest BCUT2D eigenvalue weighted by molar-refractivity contribution is 8.00. The van der Waals surface area contributed by atoms with Crippen LogP contribution < -0.4 is 5.73 Å². The van der Waals surface area contributed by atoms with E-state index in [4.69, 9.17) is 10.5 Å². The highest BCUT2D eigenvalue weighted by atomic mass is 32.2. The molecule has 0 aliphatic heterocycles. The zero-order valence-electron chi connectivity index (χ0n) is 9.82. The number of hydrogen-bond donors (Lipinski definition) is 1. The Morgan fingerprint density at radius 2 is 2.25 bits per heavy atom. The fraction of sp³-hybridized carbons (Fsp3) is 0.417. The lowest BCUT2D eigenvalue weighted by Crippen LogP contribution is -2.16. The van der Waals surface area contributed by atoms with Gasteiger partial charge in [-0.15, -0.1) is 11.8 Å². The van der Waals surface area contributed by atoms with E-state index < -0.39 is 0 Å². The molecule has 3 nitrogen and oxygen atoms in total. The Balaban J connectivity index is 2.73. The number of hydrogen-bond acceptors (Lipinski definition) is 4. The minimum Gasteiger partial charge on any atom is -0.465 e. The number of nitrogen functional groups attached to an aromatic ring is 1. The van der Waals surface area contributed by atoms with Crippen LogP contribution in [-0.4, -0.2) is 17.8 Å². The van der Waals surface area contributed by atoms with E-state index in [2.05, 4.69) is 0 Å². The van der Waals surface area contributed by atoms with Gasteiger partial charge in [-0.05, 0) is 38.5 Å². The van der Waals surface area contributed by atoms with Gasteiger partial charge < -0.3 is 10.5 Å². The Morgan fingerprint density at radius 3 is 2.88 bits per heavy atom. The van der Waals surface area contributed by atoms with Gasteiger partial charge in [0, 0.05) is 10.6 Å². The van der Waals surface area contributed by atoms with E-state index in [0.717, 1.165) is 16.1 Å². The van der Waals surface area contributed by atoms with Gasteiger partial charge in [-0.1, -0.05) is 6.07 Å². The molecule has 0 fully saturated rings. The molecule has 1 aromatic rings. The fourth-order valence-electron chi connectivity index (χ4n) is 1.26. The normalized spacial score (nSPS) is 12.2. The van der Waals surface area contributed by atoms with E-state index in [1.165, 1.54) is 11.8 Å². The van der Waals surface area contributed by atoms with E-state index in [1.807, 2.05) is 32.0 Å². The molecule has 1 unspecified atom stereocenters. The third-order valence-corrected chi connectivity index (χ3v) is 3.49. The lowest BCUT2D eigenvalue weighted by molar-refractivity contribution is -0.142. The van der Waals surface area contributed by atoms with Crippen LogP contribution in [0.2, 0.25) is 0 Å². The van der Waals surface area contributed by atoms with Gasteiger partial charge in [0.15, 0.2) is 0 Å². The topological polar surface area (TPSA) is 52.3 Å². The standard InChI is InChI=1S/C12H17NO2S/c1-4-15-12(14)9(3)16-11-7-5-6-10(13)8(11)2/h5-7,9H,4,13H2,1-3H3. The van der Waals surface area contributed by atoms with Crippen molar-refractivity contribution in [3.8, 4) is 0 Å². The summed E-state index contributed by atoms with van der Waals surface area (Å²) < 4.78 is 4.95. The van der Waals surface area contributed by atoms with E-state index >= 15 is 0 Å². The maximum Gasteiger partial charge on any atom is 0.319 e. The third kappa shape index (κ3) is 3.17. The van der Waals surface area contributed by atoms with Crippen LogP contribution in [0.5, 0.6) is 0 Å².